The first kappa shape index (κ1) is 10.4. The van der Waals surface area contributed by atoms with Crippen LogP contribution in [0.25, 0.3) is 0 Å². The molecule has 2 aliphatic rings. The van der Waals surface area contributed by atoms with E-state index in [0.29, 0.717) is 6.10 Å². The molecule has 14 heavy (non-hydrogen) atoms. The van der Waals surface area contributed by atoms with Crippen molar-refractivity contribution in [1.82, 2.24) is 0 Å². The molecule has 0 aromatic rings. The summed E-state index contributed by atoms with van der Waals surface area (Å²) in [6.45, 7) is 1.61. The van der Waals surface area contributed by atoms with Gasteiger partial charge in [-0.15, -0.1) is 0 Å². The second kappa shape index (κ2) is 5.10. The second-order valence-corrected chi connectivity index (χ2v) is 4.41. The van der Waals surface area contributed by atoms with Gasteiger partial charge in [0, 0.05) is 6.61 Å². The molecular formula is C11H20O3. The van der Waals surface area contributed by atoms with E-state index in [-0.39, 0.29) is 12.2 Å². The molecule has 3 heteroatoms. The molecule has 0 spiro atoms. The minimum Gasteiger partial charge on any atom is -0.393 e. The number of hydrogen-bond donors (Lipinski definition) is 1. The third kappa shape index (κ3) is 2.94. The third-order valence-electron chi connectivity index (χ3n) is 3.15. The lowest BCUT2D eigenvalue weighted by molar-refractivity contribution is -0.0630. The van der Waals surface area contributed by atoms with Gasteiger partial charge in [0.15, 0.2) is 0 Å². The van der Waals surface area contributed by atoms with Crippen molar-refractivity contribution in [1.29, 1.82) is 0 Å². The van der Waals surface area contributed by atoms with Gasteiger partial charge in [-0.3, -0.25) is 0 Å². The Kier molecular flexibility index (Phi) is 3.79. The average Bonchev–Trinajstić information content (AvgIpc) is 2.63. The zero-order chi connectivity index (χ0) is 9.80. The Morgan fingerprint density at radius 3 is 2.79 bits per heavy atom. The van der Waals surface area contributed by atoms with E-state index >= 15 is 0 Å². The van der Waals surface area contributed by atoms with Gasteiger partial charge < -0.3 is 14.6 Å². The van der Waals surface area contributed by atoms with Crippen LogP contribution in [-0.4, -0.2) is 36.6 Å². The largest absolute Gasteiger partial charge is 0.393 e. The number of hydrogen-bond acceptors (Lipinski definition) is 3. The molecule has 1 aliphatic carbocycles. The summed E-state index contributed by atoms with van der Waals surface area (Å²) in [5, 5.41) is 9.33. The first-order chi connectivity index (χ1) is 6.84. The summed E-state index contributed by atoms with van der Waals surface area (Å²) in [6.07, 6.45) is 6.76. The highest BCUT2D eigenvalue weighted by molar-refractivity contribution is 4.75. The van der Waals surface area contributed by atoms with Gasteiger partial charge in [-0.05, 0) is 38.5 Å². The molecule has 1 heterocycles. The van der Waals surface area contributed by atoms with Crippen LogP contribution in [0.3, 0.4) is 0 Å². The first-order valence-electron chi connectivity index (χ1n) is 5.76. The van der Waals surface area contributed by atoms with Gasteiger partial charge in [-0.1, -0.05) is 0 Å². The minimum absolute atomic E-state index is 0.132. The summed E-state index contributed by atoms with van der Waals surface area (Å²) >= 11 is 0. The van der Waals surface area contributed by atoms with Crippen LogP contribution < -0.4 is 0 Å². The van der Waals surface area contributed by atoms with Crippen molar-refractivity contribution in [2.45, 2.75) is 56.8 Å². The SMILES string of the molecule is OC1CCC(OCC2CCCCO2)C1. The first-order valence-corrected chi connectivity index (χ1v) is 5.76. The molecule has 1 N–H and O–H groups in total. The van der Waals surface area contributed by atoms with Crippen molar-refractivity contribution in [3.05, 3.63) is 0 Å². The van der Waals surface area contributed by atoms with E-state index in [1.54, 1.807) is 0 Å². The molecule has 2 rings (SSSR count). The van der Waals surface area contributed by atoms with Crippen molar-refractivity contribution >= 4 is 0 Å². The summed E-state index contributed by atoms with van der Waals surface area (Å²) < 4.78 is 11.3. The maximum Gasteiger partial charge on any atom is 0.0808 e. The molecule has 82 valence electrons. The Hall–Kier alpha value is -0.120. The molecule has 0 radical (unpaired) electrons. The topological polar surface area (TPSA) is 38.7 Å². The Balaban J connectivity index is 1.61. The standard InChI is InChI=1S/C11H20O3/c12-9-4-5-10(7-9)14-8-11-3-1-2-6-13-11/h9-12H,1-8H2. The smallest absolute Gasteiger partial charge is 0.0808 e. The van der Waals surface area contributed by atoms with Gasteiger partial charge in [0.25, 0.3) is 0 Å². The molecule has 0 amide bonds. The molecule has 2 fully saturated rings. The quantitative estimate of drug-likeness (QED) is 0.750. The Morgan fingerprint density at radius 2 is 2.14 bits per heavy atom. The van der Waals surface area contributed by atoms with Crippen molar-refractivity contribution in [3.8, 4) is 0 Å². The molecule has 0 aromatic carbocycles. The lowest BCUT2D eigenvalue weighted by Gasteiger charge is -2.23. The molecule has 1 saturated heterocycles. The summed E-state index contributed by atoms with van der Waals surface area (Å²) in [5.74, 6) is 0. The molecule has 3 atom stereocenters. The molecule has 0 bridgehead atoms. The van der Waals surface area contributed by atoms with E-state index in [2.05, 4.69) is 0 Å². The summed E-state index contributed by atoms with van der Waals surface area (Å²) in [6, 6.07) is 0. The molecule has 3 unspecified atom stereocenters. The Morgan fingerprint density at radius 1 is 1.21 bits per heavy atom. The van der Waals surface area contributed by atoms with Gasteiger partial charge in [0.05, 0.1) is 24.9 Å². The average molecular weight is 200 g/mol. The third-order valence-corrected chi connectivity index (χ3v) is 3.15. The van der Waals surface area contributed by atoms with Crippen LogP contribution in [0.2, 0.25) is 0 Å². The van der Waals surface area contributed by atoms with Crippen LogP contribution in [0.1, 0.15) is 38.5 Å². The van der Waals surface area contributed by atoms with Crippen LogP contribution in [0, 0.1) is 0 Å². The molecule has 1 aliphatic heterocycles. The summed E-state index contributed by atoms with van der Waals surface area (Å²) in [4.78, 5) is 0. The van der Waals surface area contributed by atoms with E-state index < -0.39 is 0 Å². The number of rotatable bonds is 3. The van der Waals surface area contributed by atoms with Crippen molar-refractivity contribution < 1.29 is 14.6 Å². The van der Waals surface area contributed by atoms with Gasteiger partial charge in [-0.25, -0.2) is 0 Å². The number of ether oxygens (including phenoxy) is 2. The van der Waals surface area contributed by atoms with Crippen LogP contribution in [0.5, 0.6) is 0 Å². The number of aliphatic hydroxyl groups excluding tert-OH is 1. The van der Waals surface area contributed by atoms with Gasteiger partial charge in [-0.2, -0.15) is 0 Å². The lowest BCUT2D eigenvalue weighted by atomic mass is 10.1. The van der Waals surface area contributed by atoms with Crippen LogP contribution in [-0.2, 0) is 9.47 Å². The van der Waals surface area contributed by atoms with Crippen LogP contribution >= 0.6 is 0 Å². The predicted octanol–water partition coefficient (Wildman–Crippen LogP) is 1.49. The van der Waals surface area contributed by atoms with Crippen molar-refractivity contribution in [3.63, 3.8) is 0 Å². The number of aliphatic hydroxyl groups is 1. The Labute approximate surface area is 85.4 Å². The monoisotopic (exact) mass is 200 g/mol. The predicted molar refractivity (Wildman–Crippen MR) is 53.2 cm³/mol. The minimum atomic E-state index is -0.132. The lowest BCUT2D eigenvalue weighted by Crippen LogP contribution is -2.26. The van der Waals surface area contributed by atoms with E-state index in [0.717, 1.165) is 38.9 Å². The summed E-state index contributed by atoms with van der Waals surface area (Å²) in [7, 11) is 0. The van der Waals surface area contributed by atoms with Crippen LogP contribution in [0.4, 0.5) is 0 Å². The zero-order valence-electron chi connectivity index (χ0n) is 8.65. The maximum absolute atomic E-state index is 9.33. The fraction of sp³-hybridized carbons (Fsp3) is 1.00. The molecular weight excluding hydrogens is 180 g/mol. The second-order valence-electron chi connectivity index (χ2n) is 4.41. The Bertz CT molecular complexity index is 161. The van der Waals surface area contributed by atoms with Gasteiger partial charge in [0.1, 0.15) is 0 Å². The van der Waals surface area contributed by atoms with Crippen molar-refractivity contribution in [2.24, 2.45) is 0 Å². The maximum atomic E-state index is 9.33. The highest BCUT2D eigenvalue weighted by atomic mass is 16.5. The van der Waals surface area contributed by atoms with Crippen molar-refractivity contribution in [2.75, 3.05) is 13.2 Å². The van der Waals surface area contributed by atoms with E-state index in [1.165, 1.54) is 12.8 Å². The van der Waals surface area contributed by atoms with Crippen LogP contribution in [0.15, 0.2) is 0 Å². The van der Waals surface area contributed by atoms with Gasteiger partial charge in [0.2, 0.25) is 0 Å². The molecule has 3 nitrogen and oxygen atoms in total. The summed E-state index contributed by atoms with van der Waals surface area (Å²) in [5.41, 5.74) is 0. The van der Waals surface area contributed by atoms with Gasteiger partial charge >= 0.3 is 0 Å². The highest BCUT2D eigenvalue weighted by Gasteiger charge is 2.24. The normalized spacial score (nSPS) is 38.8. The fourth-order valence-electron chi connectivity index (χ4n) is 2.25. The fourth-order valence-corrected chi connectivity index (χ4v) is 2.25. The zero-order valence-corrected chi connectivity index (χ0v) is 8.65. The highest BCUT2D eigenvalue weighted by Crippen LogP contribution is 2.23. The van der Waals surface area contributed by atoms with E-state index in [4.69, 9.17) is 9.47 Å². The molecule has 1 saturated carbocycles. The van der Waals surface area contributed by atoms with E-state index in [9.17, 15) is 5.11 Å². The molecule has 0 aromatic heterocycles. The van der Waals surface area contributed by atoms with E-state index in [1.807, 2.05) is 0 Å².